The number of anilines is 1. The van der Waals surface area contributed by atoms with Crippen molar-refractivity contribution in [3.05, 3.63) is 41.5 Å². The molecule has 27 heavy (non-hydrogen) atoms. The molecular weight excluding hydrogens is 332 g/mol. The summed E-state index contributed by atoms with van der Waals surface area (Å²) >= 11 is 0. The van der Waals surface area contributed by atoms with Crippen molar-refractivity contribution < 1.29 is 0 Å². The van der Waals surface area contributed by atoms with Gasteiger partial charge in [0.2, 0.25) is 12.2 Å². The van der Waals surface area contributed by atoms with Crippen molar-refractivity contribution in [2.24, 2.45) is 28.2 Å². The number of benzene rings is 1. The van der Waals surface area contributed by atoms with E-state index in [4.69, 9.17) is 5.26 Å². The molecule has 4 nitrogen and oxygen atoms in total. The van der Waals surface area contributed by atoms with Gasteiger partial charge in [-0.2, -0.15) is 5.26 Å². The van der Waals surface area contributed by atoms with E-state index in [9.17, 15) is 0 Å². The first-order valence-electron chi connectivity index (χ1n) is 10.5. The molecule has 1 aromatic carbocycles. The van der Waals surface area contributed by atoms with Crippen LogP contribution in [0.5, 0.6) is 0 Å². The lowest BCUT2D eigenvalue weighted by molar-refractivity contribution is 0.202. The standard InChI is InChI=1S/C23H28N4/c24-15-26-22(25-14-23-12-16-8-17(13-23)10-20(23)9-16)27-21-7-6-18-4-2-1-3-5-19(18)11-21/h1,3,6-7,11,16-17,20H,2,4-5,8-10,12-14H2,(H2,25,26,27). The van der Waals surface area contributed by atoms with Crippen LogP contribution in [0, 0.1) is 34.6 Å². The van der Waals surface area contributed by atoms with Crippen molar-refractivity contribution in [3.8, 4) is 6.19 Å². The minimum atomic E-state index is 0.448. The summed E-state index contributed by atoms with van der Waals surface area (Å²) in [6, 6.07) is 6.53. The van der Waals surface area contributed by atoms with Gasteiger partial charge in [-0.15, -0.1) is 4.99 Å². The van der Waals surface area contributed by atoms with Gasteiger partial charge in [0, 0.05) is 12.2 Å². The van der Waals surface area contributed by atoms with Crippen LogP contribution in [0.1, 0.15) is 49.7 Å². The molecule has 140 valence electrons. The number of aliphatic imine (C=N–C) groups is 1. The highest BCUT2D eigenvalue weighted by molar-refractivity contribution is 5.94. The number of rotatable bonds is 3. The van der Waals surface area contributed by atoms with E-state index in [1.165, 1.54) is 43.2 Å². The molecular formula is C23H28N4. The lowest BCUT2D eigenvalue weighted by Gasteiger charge is -2.33. The average molecular weight is 361 g/mol. The molecule has 4 heteroatoms. The molecule has 5 aliphatic rings. The average Bonchev–Trinajstić information content (AvgIpc) is 2.93. The van der Waals surface area contributed by atoms with E-state index in [0.717, 1.165) is 49.2 Å². The SMILES string of the molecule is N#C/N=C(\NCC12CC3CC(CC1C3)C2)Nc1ccc2c(c1)CC=CCC2. The Hall–Kier alpha value is -2.28. The van der Waals surface area contributed by atoms with Gasteiger partial charge in [0.25, 0.3) is 0 Å². The van der Waals surface area contributed by atoms with E-state index in [0.29, 0.717) is 11.4 Å². The second kappa shape index (κ2) is 6.71. The normalized spacial score (nSPS) is 33.4. The van der Waals surface area contributed by atoms with Crippen molar-refractivity contribution in [1.82, 2.24) is 5.32 Å². The number of guanidine groups is 1. The quantitative estimate of drug-likeness (QED) is 0.364. The number of nitriles is 1. The van der Waals surface area contributed by atoms with E-state index in [2.05, 4.69) is 46.0 Å². The lowest BCUT2D eigenvalue weighted by Crippen LogP contribution is -2.41. The Labute approximate surface area is 161 Å². The third-order valence-electron chi connectivity index (χ3n) is 7.48. The fourth-order valence-electron chi connectivity index (χ4n) is 6.52. The summed E-state index contributed by atoms with van der Waals surface area (Å²) in [5.74, 6) is 3.39. The smallest absolute Gasteiger partial charge is 0.211 e. The number of hydrogen-bond donors (Lipinski definition) is 2. The third-order valence-corrected chi connectivity index (χ3v) is 7.48. The number of nitrogens with zero attached hydrogens (tertiary/aromatic N) is 2. The van der Waals surface area contributed by atoms with Gasteiger partial charge in [0.15, 0.2) is 0 Å². The topological polar surface area (TPSA) is 60.2 Å². The molecule has 0 spiro atoms. The summed E-state index contributed by atoms with van der Waals surface area (Å²) in [5, 5.41) is 16.0. The van der Waals surface area contributed by atoms with Crippen molar-refractivity contribution >= 4 is 11.6 Å². The number of nitrogens with one attached hydrogen (secondary N) is 2. The first-order chi connectivity index (χ1) is 13.2. The molecule has 4 bridgehead atoms. The lowest BCUT2D eigenvalue weighted by atomic mass is 9.75. The first kappa shape index (κ1) is 16.9. The zero-order valence-electron chi connectivity index (χ0n) is 15.9. The largest absolute Gasteiger partial charge is 0.355 e. The minimum Gasteiger partial charge on any atom is -0.355 e. The van der Waals surface area contributed by atoms with Gasteiger partial charge in [-0.3, -0.25) is 0 Å². The number of hydrogen-bond acceptors (Lipinski definition) is 2. The van der Waals surface area contributed by atoms with E-state index in [1.807, 2.05) is 6.19 Å². The Morgan fingerprint density at radius 1 is 1.15 bits per heavy atom. The Morgan fingerprint density at radius 3 is 2.81 bits per heavy atom. The Morgan fingerprint density at radius 2 is 2.00 bits per heavy atom. The van der Waals surface area contributed by atoms with E-state index < -0.39 is 0 Å². The molecule has 0 radical (unpaired) electrons. The highest BCUT2D eigenvalue weighted by Gasteiger charge is 2.57. The van der Waals surface area contributed by atoms with Crippen LogP contribution >= 0.6 is 0 Å². The van der Waals surface area contributed by atoms with Gasteiger partial charge in [0.1, 0.15) is 0 Å². The summed E-state index contributed by atoms with van der Waals surface area (Å²) in [5.41, 5.74) is 4.26. The van der Waals surface area contributed by atoms with Crippen LogP contribution in [0.4, 0.5) is 5.69 Å². The summed E-state index contributed by atoms with van der Waals surface area (Å²) in [6.45, 7) is 0.950. The summed E-state index contributed by atoms with van der Waals surface area (Å²) in [7, 11) is 0. The molecule has 5 aliphatic carbocycles. The van der Waals surface area contributed by atoms with Gasteiger partial charge in [-0.1, -0.05) is 18.2 Å². The Kier molecular flexibility index (Phi) is 4.19. The van der Waals surface area contributed by atoms with Crippen LogP contribution in [-0.2, 0) is 12.8 Å². The molecule has 6 rings (SSSR count). The highest BCUT2D eigenvalue weighted by atomic mass is 15.2. The third kappa shape index (κ3) is 3.14. The number of fused-ring (bicyclic) bond motifs is 1. The van der Waals surface area contributed by atoms with Crippen LogP contribution in [-0.4, -0.2) is 12.5 Å². The molecule has 2 atom stereocenters. The Balaban J connectivity index is 1.28. The fourth-order valence-corrected chi connectivity index (χ4v) is 6.52. The predicted molar refractivity (Wildman–Crippen MR) is 108 cm³/mol. The maximum atomic E-state index is 9.14. The monoisotopic (exact) mass is 360 g/mol. The fraction of sp³-hybridized carbons (Fsp3) is 0.565. The van der Waals surface area contributed by atoms with Crippen molar-refractivity contribution in [3.63, 3.8) is 0 Å². The second-order valence-corrected chi connectivity index (χ2v) is 9.14. The molecule has 4 fully saturated rings. The summed E-state index contributed by atoms with van der Waals surface area (Å²) in [4.78, 5) is 4.04. The zero-order valence-corrected chi connectivity index (χ0v) is 15.9. The first-order valence-corrected chi connectivity index (χ1v) is 10.5. The van der Waals surface area contributed by atoms with Crippen LogP contribution in [0.2, 0.25) is 0 Å². The summed E-state index contributed by atoms with van der Waals surface area (Å²) < 4.78 is 0. The molecule has 0 heterocycles. The van der Waals surface area contributed by atoms with Crippen LogP contribution in [0.15, 0.2) is 35.3 Å². The van der Waals surface area contributed by atoms with Gasteiger partial charge >= 0.3 is 0 Å². The van der Waals surface area contributed by atoms with Crippen molar-refractivity contribution in [2.45, 2.75) is 51.4 Å². The number of aryl methyl sites for hydroxylation is 1. The van der Waals surface area contributed by atoms with Crippen LogP contribution in [0.25, 0.3) is 0 Å². The minimum absolute atomic E-state index is 0.448. The molecule has 4 saturated carbocycles. The summed E-state index contributed by atoms with van der Waals surface area (Å²) in [6.07, 6.45) is 16.7. The molecule has 0 aliphatic heterocycles. The van der Waals surface area contributed by atoms with Gasteiger partial charge in [0.05, 0.1) is 0 Å². The predicted octanol–water partition coefficient (Wildman–Crippen LogP) is 4.40. The molecule has 2 unspecified atom stereocenters. The van der Waals surface area contributed by atoms with Crippen molar-refractivity contribution in [1.29, 1.82) is 5.26 Å². The van der Waals surface area contributed by atoms with Crippen molar-refractivity contribution in [2.75, 3.05) is 11.9 Å². The highest BCUT2D eigenvalue weighted by Crippen LogP contribution is 2.65. The van der Waals surface area contributed by atoms with Crippen LogP contribution < -0.4 is 10.6 Å². The zero-order chi connectivity index (χ0) is 18.3. The molecule has 0 aromatic heterocycles. The number of allylic oxidation sites excluding steroid dienone is 2. The Bertz CT molecular complexity index is 817. The molecule has 1 aromatic rings. The molecule has 0 amide bonds. The maximum Gasteiger partial charge on any atom is 0.211 e. The molecule has 2 N–H and O–H groups in total. The van der Waals surface area contributed by atoms with Gasteiger partial charge < -0.3 is 10.6 Å². The van der Waals surface area contributed by atoms with Crippen LogP contribution in [0.3, 0.4) is 0 Å². The second-order valence-electron chi connectivity index (χ2n) is 9.14. The van der Waals surface area contributed by atoms with E-state index in [1.54, 1.807) is 0 Å². The maximum absolute atomic E-state index is 9.14. The van der Waals surface area contributed by atoms with Gasteiger partial charge in [-0.25, -0.2) is 0 Å². The van der Waals surface area contributed by atoms with E-state index in [-0.39, 0.29) is 0 Å². The molecule has 0 saturated heterocycles. The van der Waals surface area contributed by atoms with Gasteiger partial charge in [-0.05, 0) is 97.8 Å². The van der Waals surface area contributed by atoms with E-state index >= 15 is 0 Å².